The summed E-state index contributed by atoms with van der Waals surface area (Å²) in [5, 5.41) is 3.87. The average Bonchev–Trinajstić information content (AvgIpc) is 3.41. The molecule has 0 bridgehead atoms. The normalized spacial score (nSPS) is 15.0. The van der Waals surface area contributed by atoms with Gasteiger partial charge in [-0.3, -0.25) is 4.98 Å². The van der Waals surface area contributed by atoms with Crippen LogP contribution in [-0.4, -0.2) is 13.1 Å². The van der Waals surface area contributed by atoms with Crippen LogP contribution in [0.2, 0.25) is 19.6 Å². The van der Waals surface area contributed by atoms with Gasteiger partial charge < -0.3 is 4.42 Å². The number of rotatable bonds is 3. The zero-order chi connectivity index (χ0) is 17.9. The van der Waals surface area contributed by atoms with E-state index in [4.69, 9.17) is 9.40 Å². The number of nitrogens with zero attached hydrogens (tertiary/aromatic N) is 1. The molecule has 0 radical (unpaired) electrons. The minimum atomic E-state index is -1.35. The van der Waals surface area contributed by atoms with Gasteiger partial charge in [0.1, 0.15) is 11.2 Å². The number of hydrogen-bond acceptors (Lipinski definition) is 2. The fourth-order valence-corrected chi connectivity index (χ4v) is 4.85. The topological polar surface area (TPSA) is 26.0 Å². The molecule has 0 saturated heterocycles. The second-order valence-corrected chi connectivity index (χ2v) is 13.6. The van der Waals surface area contributed by atoms with E-state index in [9.17, 15) is 0 Å². The van der Waals surface area contributed by atoms with Crippen LogP contribution in [0.3, 0.4) is 0 Å². The molecule has 0 aliphatic heterocycles. The molecule has 0 N–H and O–H groups in total. The van der Waals surface area contributed by atoms with Gasteiger partial charge in [0, 0.05) is 22.5 Å². The lowest BCUT2D eigenvalue weighted by molar-refractivity contribution is 0.670. The Morgan fingerprint density at radius 3 is 2.50 bits per heavy atom. The lowest BCUT2D eigenvalue weighted by atomic mass is 10.1. The van der Waals surface area contributed by atoms with Crippen molar-refractivity contribution in [3.05, 3.63) is 60.3 Å². The maximum absolute atomic E-state index is 6.27. The predicted octanol–water partition coefficient (Wildman–Crippen LogP) is 6.07. The summed E-state index contributed by atoms with van der Waals surface area (Å²) < 4.78 is 6.27. The fourth-order valence-electron chi connectivity index (χ4n) is 3.69. The lowest BCUT2D eigenvalue weighted by Crippen LogP contribution is -2.37. The van der Waals surface area contributed by atoms with Crippen LogP contribution >= 0.6 is 0 Å². The Kier molecular flexibility index (Phi) is 3.38. The molecule has 2 heterocycles. The monoisotopic (exact) mass is 357 g/mol. The number of pyridine rings is 1. The van der Waals surface area contributed by atoms with Crippen molar-refractivity contribution in [1.82, 2.24) is 4.98 Å². The molecular weight excluding hydrogens is 334 g/mol. The molecule has 4 aromatic rings. The van der Waals surface area contributed by atoms with Gasteiger partial charge in [0.05, 0.1) is 13.8 Å². The molecule has 3 heteroatoms. The summed E-state index contributed by atoms with van der Waals surface area (Å²) in [5.74, 6) is 0.735. The molecule has 2 aromatic heterocycles. The van der Waals surface area contributed by atoms with Crippen molar-refractivity contribution >= 4 is 35.2 Å². The molecule has 2 nitrogen and oxygen atoms in total. The van der Waals surface area contributed by atoms with E-state index in [-0.39, 0.29) is 0 Å². The molecular formula is C23H23NOSi. The zero-order valence-corrected chi connectivity index (χ0v) is 16.5. The highest BCUT2D eigenvalue weighted by atomic mass is 28.3. The van der Waals surface area contributed by atoms with Crippen molar-refractivity contribution in [2.45, 2.75) is 38.4 Å². The number of hydrogen-bond donors (Lipinski definition) is 0. The second kappa shape index (κ2) is 5.55. The Balaban J connectivity index is 1.68. The molecule has 2 aromatic carbocycles. The van der Waals surface area contributed by atoms with Crippen LogP contribution in [0.15, 0.2) is 59.1 Å². The molecule has 5 rings (SSSR count). The van der Waals surface area contributed by atoms with Crippen molar-refractivity contribution < 1.29 is 4.42 Å². The number of fused-ring (bicyclic) bond motifs is 3. The molecule has 1 fully saturated rings. The molecule has 1 saturated carbocycles. The van der Waals surface area contributed by atoms with Gasteiger partial charge in [-0.25, -0.2) is 0 Å². The zero-order valence-electron chi connectivity index (χ0n) is 15.5. The van der Waals surface area contributed by atoms with Gasteiger partial charge in [-0.15, -0.1) is 0 Å². The van der Waals surface area contributed by atoms with Gasteiger partial charge in [0.15, 0.2) is 0 Å². The van der Waals surface area contributed by atoms with Crippen LogP contribution in [0, 0.1) is 0 Å². The first-order valence-electron chi connectivity index (χ1n) is 9.43. The van der Waals surface area contributed by atoms with Crippen LogP contribution in [0.5, 0.6) is 0 Å². The van der Waals surface area contributed by atoms with Crippen molar-refractivity contribution in [1.29, 1.82) is 0 Å². The molecule has 0 unspecified atom stereocenters. The van der Waals surface area contributed by atoms with Crippen LogP contribution in [0.25, 0.3) is 33.2 Å². The molecule has 26 heavy (non-hydrogen) atoms. The number of para-hydroxylation sites is 1. The van der Waals surface area contributed by atoms with Gasteiger partial charge in [-0.2, -0.15) is 0 Å². The predicted molar refractivity (Wildman–Crippen MR) is 112 cm³/mol. The van der Waals surface area contributed by atoms with E-state index in [1.54, 1.807) is 0 Å². The average molecular weight is 358 g/mol. The van der Waals surface area contributed by atoms with E-state index in [2.05, 4.69) is 68.2 Å². The fraction of sp³-hybridized carbons (Fsp3) is 0.261. The highest BCUT2D eigenvalue weighted by Gasteiger charge is 2.24. The second-order valence-electron chi connectivity index (χ2n) is 8.50. The smallest absolute Gasteiger partial charge is 0.144 e. The maximum Gasteiger partial charge on any atom is 0.144 e. The van der Waals surface area contributed by atoms with Crippen LogP contribution in [-0.2, 0) is 0 Å². The molecule has 1 aliphatic carbocycles. The van der Waals surface area contributed by atoms with Crippen LogP contribution < -0.4 is 5.19 Å². The van der Waals surface area contributed by atoms with E-state index in [0.29, 0.717) is 0 Å². The first kappa shape index (κ1) is 15.8. The summed E-state index contributed by atoms with van der Waals surface area (Å²) in [5.41, 5.74) is 5.34. The Morgan fingerprint density at radius 2 is 1.81 bits per heavy atom. The van der Waals surface area contributed by atoms with E-state index in [1.807, 2.05) is 6.20 Å². The Labute approximate surface area is 154 Å². The first-order chi connectivity index (χ1) is 12.5. The highest BCUT2D eigenvalue weighted by Crippen LogP contribution is 2.40. The number of benzene rings is 2. The third-order valence-electron chi connectivity index (χ3n) is 5.47. The molecule has 0 spiro atoms. The van der Waals surface area contributed by atoms with Gasteiger partial charge in [-0.05, 0) is 42.5 Å². The Bertz CT molecular complexity index is 1110. The number of furan rings is 1. The summed E-state index contributed by atoms with van der Waals surface area (Å²) in [7, 11) is -1.35. The van der Waals surface area contributed by atoms with Crippen LogP contribution in [0.1, 0.15) is 24.3 Å². The van der Waals surface area contributed by atoms with Crippen molar-refractivity contribution in [3.8, 4) is 11.3 Å². The number of aromatic nitrogens is 1. The minimum Gasteiger partial charge on any atom is -0.455 e. The molecule has 1 aliphatic rings. The lowest BCUT2D eigenvalue weighted by Gasteiger charge is -2.16. The summed E-state index contributed by atoms with van der Waals surface area (Å²) in [6.45, 7) is 7.15. The van der Waals surface area contributed by atoms with E-state index >= 15 is 0 Å². The van der Waals surface area contributed by atoms with Crippen molar-refractivity contribution in [3.63, 3.8) is 0 Å². The molecule has 0 atom stereocenters. The third kappa shape index (κ3) is 2.58. The summed E-state index contributed by atoms with van der Waals surface area (Å²) in [6, 6.07) is 17.5. The highest BCUT2D eigenvalue weighted by molar-refractivity contribution is 6.88. The first-order valence-corrected chi connectivity index (χ1v) is 12.9. The van der Waals surface area contributed by atoms with E-state index in [0.717, 1.165) is 28.3 Å². The van der Waals surface area contributed by atoms with Crippen LogP contribution in [0.4, 0.5) is 0 Å². The van der Waals surface area contributed by atoms with Gasteiger partial charge in [0.2, 0.25) is 0 Å². The quantitative estimate of drug-likeness (QED) is 0.416. The summed E-state index contributed by atoms with van der Waals surface area (Å²) in [6.07, 6.45) is 4.65. The third-order valence-corrected chi connectivity index (χ3v) is 7.52. The largest absolute Gasteiger partial charge is 0.455 e. The Morgan fingerprint density at radius 1 is 0.962 bits per heavy atom. The van der Waals surface area contributed by atoms with E-state index < -0.39 is 8.07 Å². The Hall–Kier alpha value is -2.39. The van der Waals surface area contributed by atoms with Crippen molar-refractivity contribution in [2.75, 3.05) is 0 Å². The standard InChI is InChI=1S/C23H23NOSi/c1-26(2,3)17-10-12-22-20(13-17)18-5-4-6-19(23(18)25-22)21-11-9-16(14-24-21)15-7-8-15/h4-6,9-15H,7-8H2,1-3H3. The van der Waals surface area contributed by atoms with Gasteiger partial charge >= 0.3 is 0 Å². The van der Waals surface area contributed by atoms with Gasteiger partial charge in [-0.1, -0.05) is 55.2 Å². The molecule has 0 amide bonds. The van der Waals surface area contributed by atoms with Crippen molar-refractivity contribution in [2.24, 2.45) is 0 Å². The SMILES string of the molecule is C[Si](C)(C)c1ccc2oc3c(-c4ccc(C5CC5)cn4)cccc3c2c1. The summed E-state index contributed by atoms with van der Waals surface area (Å²) in [4.78, 5) is 4.73. The van der Waals surface area contributed by atoms with Gasteiger partial charge in [0.25, 0.3) is 0 Å². The summed E-state index contributed by atoms with van der Waals surface area (Å²) >= 11 is 0. The minimum absolute atomic E-state index is 0.735. The molecule has 130 valence electrons. The maximum atomic E-state index is 6.27. The van der Waals surface area contributed by atoms with E-state index in [1.165, 1.54) is 34.4 Å².